The van der Waals surface area contributed by atoms with Gasteiger partial charge >= 0.3 is 0 Å². The van der Waals surface area contributed by atoms with Gasteiger partial charge in [-0.25, -0.2) is 5.43 Å². The third-order valence-corrected chi connectivity index (χ3v) is 1.79. The SMILES string of the molecule is CN(CCc1ccc[nH]1)CNN. The van der Waals surface area contributed by atoms with E-state index in [9.17, 15) is 0 Å². The molecule has 1 rings (SSSR count). The van der Waals surface area contributed by atoms with Crippen LogP contribution in [0.3, 0.4) is 0 Å². The molecule has 68 valence electrons. The van der Waals surface area contributed by atoms with Crippen LogP contribution in [0.25, 0.3) is 0 Å². The van der Waals surface area contributed by atoms with Gasteiger partial charge in [-0.3, -0.25) is 10.7 Å². The summed E-state index contributed by atoms with van der Waals surface area (Å²) in [6.07, 6.45) is 2.97. The summed E-state index contributed by atoms with van der Waals surface area (Å²) in [7, 11) is 2.03. The Kier molecular flexibility index (Phi) is 3.79. The first-order valence-electron chi connectivity index (χ1n) is 4.07. The van der Waals surface area contributed by atoms with Crippen LogP contribution >= 0.6 is 0 Å². The van der Waals surface area contributed by atoms with Crippen LogP contribution in [0.4, 0.5) is 0 Å². The van der Waals surface area contributed by atoms with Crippen LogP contribution in [0, 0.1) is 0 Å². The van der Waals surface area contributed by atoms with Crippen LogP contribution in [-0.4, -0.2) is 30.1 Å². The van der Waals surface area contributed by atoms with E-state index >= 15 is 0 Å². The molecule has 0 unspecified atom stereocenters. The minimum Gasteiger partial charge on any atom is -0.365 e. The summed E-state index contributed by atoms with van der Waals surface area (Å²) in [6, 6.07) is 4.10. The van der Waals surface area contributed by atoms with E-state index in [0.29, 0.717) is 0 Å². The molecule has 4 nitrogen and oxygen atoms in total. The lowest BCUT2D eigenvalue weighted by molar-refractivity contribution is 0.312. The number of aromatic amines is 1. The maximum atomic E-state index is 5.18. The van der Waals surface area contributed by atoms with Gasteiger partial charge in [-0.2, -0.15) is 0 Å². The first-order valence-corrected chi connectivity index (χ1v) is 4.07. The van der Waals surface area contributed by atoms with Crippen molar-refractivity contribution in [1.29, 1.82) is 0 Å². The Bertz CT molecular complexity index is 195. The summed E-state index contributed by atoms with van der Waals surface area (Å²) in [6.45, 7) is 1.73. The Labute approximate surface area is 72.7 Å². The summed E-state index contributed by atoms with van der Waals surface area (Å²) < 4.78 is 0. The van der Waals surface area contributed by atoms with Crippen molar-refractivity contribution in [3.63, 3.8) is 0 Å². The Hall–Kier alpha value is -0.840. The predicted molar refractivity (Wildman–Crippen MR) is 49.3 cm³/mol. The quantitative estimate of drug-likeness (QED) is 0.327. The second-order valence-electron chi connectivity index (χ2n) is 2.89. The number of hydrogen-bond acceptors (Lipinski definition) is 3. The van der Waals surface area contributed by atoms with Gasteiger partial charge in [-0.1, -0.05) is 0 Å². The van der Waals surface area contributed by atoms with Gasteiger partial charge in [0.1, 0.15) is 0 Å². The van der Waals surface area contributed by atoms with Gasteiger partial charge in [0.05, 0.1) is 6.67 Å². The Morgan fingerprint density at radius 3 is 3.08 bits per heavy atom. The minimum atomic E-state index is 0.723. The zero-order valence-corrected chi connectivity index (χ0v) is 7.38. The zero-order valence-electron chi connectivity index (χ0n) is 7.38. The van der Waals surface area contributed by atoms with Crippen molar-refractivity contribution in [2.45, 2.75) is 6.42 Å². The maximum absolute atomic E-state index is 5.18. The smallest absolute Gasteiger partial charge is 0.0610 e. The van der Waals surface area contributed by atoms with Gasteiger partial charge in [-0.05, 0) is 19.2 Å². The zero-order chi connectivity index (χ0) is 8.81. The monoisotopic (exact) mass is 168 g/mol. The molecule has 0 amide bonds. The molecule has 0 saturated carbocycles. The third kappa shape index (κ3) is 3.04. The Balaban J connectivity index is 2.17. The van der Waals surface area contributed by atoms with Gasteiger partial charge in [-0.15, -0.1) is 0 Å². The standard InChI is InChI=1S/C8H16N4/c1-12(7-11-9)6-4-8-3-2-5-10-8/h2-3,5,10-11H,4,6-7,9H2,1H3. The van der Waals surface area contributed by atoms with Crippen molar-refractivity contribution in [1.82, 2.24) is 15.3 Å². The number of hydrazine groups is 1. The van der Waals surface area contributed by atoms with Gasteiger partial charge in [0.2, 0.25) is 0 Å². The number of nitrogens with two attached hydrogens (primary N) is 1. The van der Waals surface area contributed by atoms with Crippen molar-refractivity contribution in [3.8, 4) is 0 Å². The Morgan fingerprint density at radius 1 is 1.67 bits per heavy atom. The van der Waals surface area contributed by atoms with E-state index < -0.39 is 0 Å². The van der Waals surface area contributed by atoms with Gasteiger partial charge in [0.25, 0.3) is 0 Å². The van der Waals surface area contributed by atoms with E-state index in [0.717, 1.165) is 19.6 Å². The van der Waals surface area contributed by atoms with Gasteiger partial charge < -0.3 is 4.98 Å². The first kappa shape index (κ1) is 9.25. The molecule has 4 N–H and O–H groups in total. The van der Waals surface area contributed by atoms with E-state index in [1.807, 2.05) is 19.3 Å². The molecule has 12 heavy (non-hydrogen) atoms. The molecule has 0 aliphatic heterocycles. The molecule has 1 aromatic heterocycles. The second kappa shape index (κ2) is 4.92. The topological polar surface area (TPSA) is 57.1 Å². The predicted octanol–water partition coefficient (Wildman–Crippen LogP) is -0.0902. The molecule has 0 atom stereocenters. The summed E-state index contributed by atoms with van der Waals surface area (Å²) in [4.78, 5) is 5.28. The molecule has 0 aliphatic rings. The highest BCUT2D eigenvalue weighted by molar-refractivity contribution is 5.03. The fourth-order valence-corrected chi connectivity index (χ4v) is 1.07. The normalized spacial score (nSPS) is 10.9. The molecule has 0 spiro atoms. The van der Waals surface area contributed by atoms with Crippen molar-refractivity contribution >= 4 is 0 Å². The highest BCUT2D eigenvalue weighted by atomic mass is 15.3. The molecular formula is C8H16N4. The molecule has 1 heterocycles. The molecule has 0 radical (unpaired) electrons. The number of nitrogens with one attached hydrogen (secondary N) is 2. The summed E-state index contributed by atoms with van der Waals surface area (Å²) in [5, 5.41) is 0. The lowest BCUT2D eigenvalue weighted by Crippen LogP contribution is -2.36. The second-order valence-corrected chi connectivity index (χ2v) is 2.89. The lowest BCUT2D eigenvalue weighted by atomic mass is 10.3. The highest BCUT2D eigenvalue weighted by Crippen LogP contribution is 1.96. The van der Waals surface area contributed by atoms with Crippen LogP contribution in [0.15, 0.2) is 18.3 Å². The number of aromatic nitrogens is 1. The fourth-order valence-electron chi connectivity index (χ4n) is 1.07. The van der Waals surface area contributed by atoms with E-state index in [1.165, 1.54) is 5.69 Å². The van der Waals surface area contributed by atoms with Crippen molar-refractivity contribution in [2.75, 3.05) is 20.3 Å². The van der Waals surface area contributed by atoms with Crippen molar-refractivity contribution < 1.29 is 0 Å². The highest BCUT2D eigenvalue weighted by Gasteiger charge is 1.97. The average molecular weight is 168 g/mol. The number of rotatable bonds is 5. The van der Waals surface area contributed by atoms with E-state index in [-0.39, 0.29) is 0 Å². The largest absolute Gasteiger partial charge is 0.365 e. The first-order chi connectivity index (χ1) is 5.83. The number of nitrogens with zero attached hydrogens (tertiary/aromatic N) is 1. The van der Waals surface area contributed by atoms with Crippen LogP contribution < -0.4 is 11.3 Å². The van der Waals surface area contributed by atoms with E-state index in [4.69, 9.17) is 5.84 Å². The Morgan fingerprint density at radius 2 is 2.50 bits per heavy atom. The molecule has 0 aromatic carbocycles. The molecule has 0 bridgehead atoms. The molecule has 0 saturated heterocycles. The van der Waals surface area contributed by atoms with Crippen LogP contribution in [0.1, 0.15) is 5.69 Å². The molecule has 4 heteroatoms. The number of hydrogen-bond donors (Lipinski definition) is 3. The molecule has 0 fully saturated rings. The van der Waals surface area contributed by atoms with E-state index in [1.54, 1.807) is 0 Å². The third-order valence-electron chi connectivity index (χ3n) is 1.79. The molecule has 0 aliphatic carbocycles. The van der Waals surface area contributed by atoms with Crippen LogP contribution in [0.2, 0.25) is 0 Å². The fraction of sp³-hybridized carbons (Fsp3) is 0.500. The van der Waals surface area contributed by atoms with Gasteiger partial charge in [0.15, 0.2) is 0 Å². The molecule has 1 aromatic rings. The van der Waals surface area contributed by atoms with E-state index in [2.05, 4.69) is 21.4 Å². The minimum absolute atomic E-state index is 0.723. The average Bonchev–Trinajstić information content (AvgIpc) is 2.53. The summed E-state index contributed by atoms with van der Waals surface area (Å²) in [5.41, 5.74) is 3.88. The lowest BCUT2D eigenvalue weighted by Gasteiger charge is -2.14. The van der Waals surface area contributed by atoms with Gasteiger partial charge in [0, 0.05) is 24.9 Å². The number of likely N-dealkylation sites (N-methyl/N-ethyl adjacent to an activating group) is 1. The number of H-pyrrole nitrogens is 1. The van der Waals surface area contributed by atoms with Crippen molar-refractivity contribution in [3.05, 3.63) is 24.0 Å². The van der Waals surface area contributed by atoms with Crippen LogP contribution in [-0.2, 0) is 6.42 Å². The molecular weight excluding hydrogens is 152 g/mol. The maximum Gasteiger partial charge on any atom is 0.0610 e. The van der Waals surface area contributed by atoms with Crippen molar-refractivity contribution in [2.24, 2.45) is 5.84 Å². The van der Waals surface area contributed by atoms with Crippen LogP contribution in [0.5, 0.6) is 0 Å². The summed E-state index contributed by atoms with van der Waals surface area (Å²) in [5.74, 6) is 5.18. The summed E-state index contributed by atoms with van der Waals surface area (Å²) >= 11 is 0.